The van der Waals surface area contributed by atoms with Crippen molar-refractivity contribution < 1.29 is 4.57 Å². The Bertz CT molecular complexity index is 683. The first-order valence-electron chi connectivity index (χ1n) is 5.54. The average Bonchev–Trinajstić information content (AvgIpc) is 2.33. The van der Waals surface area contributed by atoms with Crippen LogP contribution in [-0.4, -0.2) is 0 Å². The van der Waals surface area contributed by atoms with Crippen molar-refractivity contribution in [2.75, 3.05) is 0 Å². The van der Waals surface area contributed by atoms with Gasteiger partial charge in [0.05, 0.1) is 5.39 Å². The number of nitrogens with zero attached hydrogens (tertiary/aromatic N) is 1. The molecule has 1 heterocycles. The van der Waals surface area contributed by atoms with E-state index in [1.807, 2.05) is 0 Å². The largest absolute Gasteiger partial charge is 0.213 e. The van der Waals surface area contributed by atoms with Crippen LogP contribution in [0.3, 0.4) is 0 Å². The van der Waals surface area contributed by atoms with Crippen molar-refractivity contribution in [1.82, 2.24) is 0 Å². The van der Waals surface area contributed by atoms with Crippen molar-refractivity contribution in [2.45, 2.75) is 6.92 Å². The van der Waals surface area contributed by atoms with E-state index in [4.69, 9.17) is 0 Å². The Labute approximate surface area is 95.0 Å². The molecule has 3 rings (SSSR count). The molecule has 1 heteroatoms. The van der Waals surface area contributed by atoms with Gasteiger partial charge in [-0.1, -0.05) is 24.3 Å². The summed E-state index contributed by atoms with van der Waals surface area (Å²) in [5, 5.41) is 3.96. The van der Waals surface area contributed by atoms with Gasteiger partial charge in [0.25, 0.3) is 0 Å². The summed E-state index contributed by atoms with van der Waals surface area (Å²) < 4.78 is 2.24. The molecule has 0 spiro atoms. The second kappa shape index (κ2) is 3.31. The molecule has 0 N–H and O–H groups in total. The van der Waals surface area contributed by atoms with Crippen molar-refractivity contribution in [3.63, 3.8) is 0 Å². The monoisotopic (exact) mass is 208 g/mol. The van der Waals surface area contributed by atoms with Crippen LogP contribution >= 0.6 is 0 Å². The van der Waals surface area contributed by atoms with Gasteiger partial charge in [-0.25, -0.2) is 0 Å². The zero-order valence-corrected chi connectivity index (χ0v) is 9.57. The Kier molecular flexibility index (Phi) is 1.93. The van der Waals surface area contributed by atoms with Crippen molar-refractivity contribution in [3.8, 4) is 0 Å². The van der Waals surface area contributed by atoms with E-state index in [-0.39, 0.29) is 0 Å². The van der Waals surface area contributed by atoms with Crippen molar-refractivity contribution >= 4 is 21.7 Å². The summed E-state index contributed by atoms with van der Waals surface area (Å²) in [5.74, 6) is 0. The van der Waals surface area contributed by atoms with Crippen LogP contribution in [0.4, 0.5) is 0 Å². The molecule has 0 amide bonds. The fourth-order valence-corrected chi connectivity index (χ4v) is 2.26. The molecule has 3 aromatic rings. The molecular weight excluding hydrogens is 194 g/mol. The summed E-state index contributed by atoms with van der Waals surface area (Å²) >= 11 is 0. The van der Waals surface area contributed by atoms with Gasteiger partial charge in [0.2, 0.25) is 5.52 Å². The first-order chi connectivity index (χ1) is 7.77. The Morgan fingerprint density at radius 1 is 0.812 bits per heavy atom. The van der Waals surface area contributed by atoms with E-state index in [1.165, 1.54) is 27.4 Å². The summed E-state index contributed by atoms with van der Waals surface area (Å²) in [6, 6.07) is 17.3. The maximum atomic E-state index is 2.24. The van der Waals surface area contributed by atoms with E-state index >= 15 is 0 Å². The SMILES string of the molecule is Cc1ccc2c3ccccc3ccc2[n+]1C. The van der Waals surface area contributed by atoms with E-state index in [9.17, 15) is 0 Å². The molecule has 0 atom stereocenters. The molecule has 16 heavy (non-hydrogen) atoms. The molecule has 0 saturated heterocycles. The summed E-state index contributed by atoms with van der Waals surface area (Å²) in [4.78, 5) is 0. The highest BCUT2D eigenvalue weighted by atomic mass is 14.9. The zero-order chi connectivity index (χ0) is 11.1. The molecule has 2 aromatic carbocycles. The Morgan fingerprint density at radius 3 is 2.50 bits per heavy atom. The van der Waals surface area contributed by atoms with Crippen molar-refractivity contribution in [2.24, 2.45) is 7.05 Å². The number of rotatable bonds is 0. The van der Waals surface area contributed by atoms with Crippen LogP contribution in [0.15, 0.2) is 48.5 Å². The quantitative estimate of drug-likeness (QED) is 0.395. The van der Waals surface area contributed by atoms with Crippen LogP contribution in [0.5, 0.6) is 0 Å². The number of benzene rings is 2. The lowest BCUT2D eigenvalue weighted by Gasteiger charge is -2.03. The third-order valence-electron chi connectivity index (χ3n) is 3.33. The van der Waals surface area contributed by atoms with Gasteiger partial charge in [-0.05, 0) is 22.9 Å². The lowest BCUT2D eigenvalue weighted by Crippen LogP contribution is -2.32. The second-order valence-electron chi connectivity index (χ2n) is 4.25. The first kappa shape index (κ1) is 9.34. The average molecular weight is 208 g/mol. The van der Waals surface area contributed by atoms with E-state index in [1.54, 1.807) is 0 Å². The number of fused-ring (bicyclic) bond motifs is 3. The van der Waals surface area contributed by atoms with Gasteiger partial charge in [-0.3, -0.25) is 0 Å². The summed E-state index contributed by atoms with van der Waals surface area (Å²) in [7, 11) is 2.12. The standard InChI is InChI=1S/C15H14N/c1-11-7-9-14-13-6-4-3-5-12(13)8-10-15(14)16(11)2/h3-10H,1-2H3/q+1. The molecule has 0 fully saturated rings. The Balaban J connectivity index is 2.58. The molecule has 78 valence electrons. The van der Waals surface area contributed by atoms with E-state index in [0.29, 0.717) is 0 Å². The van der Waals surface area contributed by atoms with Crippen LogP contribution in [0.1, 0.15) is 5.69 Å². The van der Waals surface area contributed by atoms with Gasteiger partial charge in [-0.2, -0.15) is 4.57 Å². The fraction of sp³-hybridized carbons (Fsp3) is 0.133. The molecule has 0 aliphatic rings. The van der Waals surface area contributed by atoms with Crippen LogP contribution in [0, 0.1) is 6.92 Å². The van der Waals surface area contributed by atoms with Crippen molar-refractivity contribution in [1.29, 1.82) is 0 Å². The summed E-state index contributed by atoms with van der Waals surface area (Å²) in [5.41, 5.74) is 2.57. The molecule has 0 unspecified atom stereocenters. The van der Waals surface area contributed by atoms with Crippen molar-refractivity contribution in [3.05, 3.63) is 54.2 Å². The number of hydrogen-bond acceptors (Lipinski definition) is 0. The zero-order valence-electron chi connectivity index (χ0n) is 9.57. The molecular formula is C15H14N+. The van der Waals surface area contributed by atoms with Gasteiger partial charge < -0.3 is 0 Å². The highest BCUT2D eigenvalue weighted by Crippen LogP contribution is 2.23. The van der Waals surface area contributed by atoms with Gasteiger partial charge >= 0.3 is 0 Å². The maximum Gasteiger partial charge on any atom is 0.213 e. The third-order valence-corrected chi connectivity index (χ3v) is 3.33. The van der Waals surface area contributed by atoms with Gasteiger partial charge in [0.1, 0.15) is 7.05 Å². The lowest BCUT2D eigenvalue weighted by molar-refractivity contribution is -0.651. The van der Waals surface area contributed by atoms with E-state index in [2.05, 4.69) is 67.1 Å². The molecule has 1 nitrogen and oxygen atoms in total. The third kappa shape index (κ3) is 1.21. The minimum absolute atomic E-state index is 1.28. The van der Waals surface area contributed by atoms with Gasteiger partial charge in [0.15, 0.2) is 5.69 Å². The summed E-state index contributed by atoms with van der Waals surface area (Å²) in [6.07, 6.45) is 0. The Morgan fingerprint density at radius 2 is 1.62 bits per heavy atom. The highest BCUT2D eigenvalue weighted by molar-refractivity contribution is 6.04. The topological polar surface area (TPSA) is 3.88 Å². The normalized spacial score (nSPS) is 11.1. The van der Waals surface area contributed by atoms with Crippen LogP contribution < -0.4 is 4.57 Å². The predicted molar refractivity (Wildman–Crippen MR) is 67.4 cm³/mol. The number of aromatic nitrogens is 1. The minimum Gasteiger partial charge on any atom is -0.199 e. The van der Waals surface area contributed by atoms with E-state index in [0.717, 1.165) is 0 Å². The molecule has 0 aliphatic carbocycles. The first-order valence-corrected chi connectivity index (χ1v) is 5.54. The maximum absolute atomic E-state index is 2.24. The number of pyridine rings is 1. The molecule has 0 bridgehead atoms. The lowest BCUT2D eigenvalue weighted by atomic mass is 10.0. The fourth-order valence-electron chi connectivity index (χ4n) is 2.26. The molecule has 0 aliphatic heterocycles. The second-order valence-corrected chi connectivity index (χ2v) is 4.25. The molecule has 0 radical (unpaired) electrons. The summed E-state index contributed by atoms with van der Waals surface area (Å²) in [6.45, 7) is 2.13. The van der Waals surface area contributed by atoms with Crippen LogP contribution in [-0.2, 0) is 7.05 Å². The number of aryl methyl sites for hydroxylation is 2. The minimum atomic E-state index is 1.28. The predicted octanol–water partition coefficient (Wildman–Crippen LogP) is 3.13. The van der Waals surface area contributed by atoms with Crippen LogP contribution in [0.25, 0.3) is 21.7 Å². The Hall–Kier alpha value is -1.89. The highest BCUT2D eigenvalue weighted by Gasteiger charge is 2.09. The molecule has 1 aromatic heterocycles. The van der Waals surface area contributed by atoms with E-state index < -0.39 is 0 Å². The smallest absolute Gasteiger partial charge is 0.199 e. The van der Waals surface area contributed by atoms with Crippen LogP contribution in [0.2, 0.25) is 0 Å². The number of hydrogen-bond donors (Lipinski definition) is 0. The van der Waals surface area contributed by atoms with Gasteiger partial charge in [-0.15, -0.1) is 0 Å². The van der Waals surface area contributed by atoms with Gasteiger partial charge in [0, 0.05) is 19.1 Å². The molecule has 0 saturated carbocycles.